The van der Waals surface area contributed by atoms with Gasteiger partial charge in [0.15, 0.2) is 5.82 Å². The van der Waals surface area contributed by atoms with E-state index in [1.165, 1.54) is 19.4 Å². The summed E-state index contributed by atoms with van der Waals surface area (Å²) >= 11 is 0. The lowest BCUT2D eigenvalue weighted by atomic mass is 9.92. The Balaban J connectivity index is 1.64. The second-order valence-electron chi connectivity index (χ2n) is 7.62. The van der Waals surface area contributed by atoms with Gasteiger partial charge in [0.2, 0.25) is 0 Å². The fourth-order valence-electron chi connectivity index (χ4n) is 4.30. The third-order valence-electron chi connectivity index (χ3n) is 5.74. The van der Waals surface area contributed by atoms with E-state index in [4.69, 9.17) is 0 Å². The Morgan fingerprint density at radius 1 is 1.08 bits per heavy atom. The predicted molar refractivity (Wildman–Crippen MR) is 100.0 cm³/mol. The topological polar surface area (TPSA) is 52.5 Å². The van der Waals surface area contributed by atoms with E-state index in [0.29, 0.717) is 6.04 Å². The van der Waals surface area contributed by atoms with Crippen LogP contribution in [0.1, 0.15) is 24.0 Å². The minimum absolute atomic E-state index is 0.264. The van der Waals surface area contributed by atoms with E-state index in [1.807, 2.05) is 26.0 Å². The van der Waals surface area contributed by atoms with Gasteiger partial charge in [0.1, 0.15) is 5.75 Å². The quantitative estimate of drug-likeness (QED) is 0.912. The molecule has 0 saturated carbocycles. The van der Waals surface area contributed by atoms with Crippen LogP contribution < -0.4 is 4.90 Å². The summed E-state index contributed by atoms with van der Waals surface area (Å²) in [5, 5.41) is 19.2. The lowest BCUT2D eigenvalue weighted by Gasteiger charge is -2.37. The molecule has 25 heavy (non-hydrogen) atoms. The fourth-order valence-corrected chi connectivity index (χ4v) is 4.30. The molecule has 2 atom stereocenters. The number of nitrogens with zero attached hydrogens (tertiary/aromatic N) is 4. The summed E-state index contributed by atoms with van der Waals surface area (Å²) in [5.41, 5.74) is 3.60. The number of hydrogen-bond acceptors (Lipinski definition) is 5. The van der Waals surface area contributed by atoms with Gasteiger partial charge in [0.05, 0.1) is 5.69 Å². The molecular formula is C20H26N4O. The molecule has 132 valence electrons. The molecule has 5 nitrogen and oxygen atoms in total. The summed E-state index contributed by atoms with van der Waals surface area (Å²) in [4.78, 5) is 4.84. The molecule has 0 spiro atoms. The Kier molecular flexibility index (Phi) is 4.12. The zero-order valence-electron chi connectivity index (χ0n) is 15.2. The molecule has 0 amide bonds. The Bertz CT molecular complexity index is 791. The molecule has 2 fully saturated rings. The number of anilines is 1. The molecule has 1 aromatic heterocycles. The first-order chi connectivity index (χ1) is 12.0. The van der Waals surface area contributed by atoms with Crippen LogP contribution in [0.25, 0.3) is 11.3 Å². The van der Waals surface area contributed by atoms with Crippen LogP contribution in [0.5, 0.6) is 5.75 Å². The van der Waals surface area contributed by atoms with Crippen LogP contribution in [0.2, 0.25) is 0 Å². The van der Waals surface area contributed by atoms with Crippen molar-refractivity contribution in [2.45, 2.75) is 32.7 Å². The maximum absolute atomic E-state index is 10.2. The molecule has 1 N–H and O–H groups in total. The maximum atomic E-state index is 10.2. The molecule has 2 aliphatic heterocycles. The number of likely N-dealkylation sites (tertiary alicyclic amines) is 1. The molecule has 5 heteroatoms. The van der Waals surface area contributed by atoms with Crippen molar-refractivity contribution in [3.8, 4) is 17.0 Å². The molecule has 2 aromatic rings. The van der Waals surface area contributed by atoms with E-state index in [9.17, 15) is 5.11 Å². The van der Waals surface area contributed by atoms with E-state index in [1.54, 1.807) is 6.07 Å². The molecular weight excluding hydrogens is 312 g/mol. The molecule has 0 aliphatic carbocycles. The highest BCUT2D eigenvalue weighted by molar-refractivity contribution is 5.70. The van der Waals surface area contributed by atoms with Crippen LogP contribution in [0.15, 0.2) is 24.3 Å². The van der Waals surface area contributed by atoms with E-state index in [-0.39, 0.29) is 5.75 Å². The van der Waals surface area contributed by atoms with Crippen LogP contribution in [0.3, 0.4) is 0 Å². The summed E-state index contributed by atoms with van der Waals surface area (Å²) in [7, 11) is 2.20. The summed E-state index contributed by atoms with van der Waals surface area (Å²) in [6.07, 6.45) is 2.53. The minimum atomic E-state index is 0.264. The average Bonchev–Trinajstić information content (AvgIpc) is 2.98. The minimum Gasteiger partial charge on any atom is -0.507 e. The monoisotopic (exact) mass is 338 g/mol. The maximum Gasteiger partial charge on any atom is 0.151 e. The number of aryl methyl sites for hydroxylation is 2. The van der Waals surface area contributed by atoms with Gasteiger partial charge in [0.25, 0.3) is 0 Å². The number of hydrogen-bond donors (Lipinski definition) is 1. The lowest BCUT2D eigenvalue weighted by molar-refractivity contribution is 0.207. The zero-order chi connectivity index (χ0) is 17.6. The van der Waals surface area contributed by atoms with Crippen molar-refractivity contribution in [1.29, 1.82) is 0 Å². The molecule has 0 radical (unpaired) electrons. The van der Waals surface area contributed by atoms with Crippen LogP contribution in [0, 0.1) is 19.8 Å². The number of rotatable bonds is 2. The SMILES string of the molecule is Cc1ccc(-c2nnc(N3CCC4CCN(C)CC43)cc2C)c(O)c1. The van der Waals surface area contributed by atoms with Crippen molar-refractivity contribution in [1.82, 2.24) is 15.1 Å². The highest BCUT2D eigenvalue weighted by atomic mass is 16.3. The molecule has 2 aliphatic rings. The first kappa shape index (κ1) is 16.3. The van der Waals surface area contributed by atoms with Gasteiger partial charge in [0, 0.05) is 24.7 Å². The predicted octanol–water partition coefficient (Wildman–Crippen LogP) is 3.00. The van der Waals surface area contributed by atoms with Crippen molar-refractivity contribution in [2.24, 2.45) is 5.92 Å². The Labute approximate surface area is 149 Å². The number of phenols is 1. The van der Waals surface area contributed by atoms with Gasteiger partial charge in [-0.25, -0.2) is 0 Å². The molecule has 0 bridgehead atoms. The van der Waals surface area contributed by atoms with Crippen molar-refractivity contribution in [3.05, 3.63) is 35.4 Å². The summed E-state index contributed by atoms with van der Waals surface area (Å²) in [6, 6.07) is 8.36. The number of aromatic nitrogens is 2. The Hall–Kier alpha value is -2.14. The molecule has 4 rings (SSSR count). The lowest BCUT2D eigenvalue weighted by Crippen LogP contribution is -2.47. The largest absolute Gasteiger partial charge is 0.507 e. The fraction of sp³-hybridized carbons (Fsp3) is 0.500. The van der Waals surface area contributed by atoms with Crippen molar-refractivity contribution in [2.75, 3.05) is 31.6 Å². The van der Waals surface area contributed by atoms with Crippen molar-refractivity contribution < 1.29 is 5.11 Å². The number of aromatic hydroxyl groups is 1. The Morgan fingerprint density at radius 3 is 2.64 bits per heavy atom. The molecule has 3 heterocycles. The number of piperidine rings is 1. The van der Waals surface area contributed by atoms with Crippen molar-refractivity contribution >= 4 is 5.82 Å². The smallest absolute Gasteiger partial charge is 0.151 e. The van der Waals surface area contributed by atoms with E-state index in [2.05, 4.69) is 33.1 Å². The standard InChI is InChI=1S/C20H26N4O/c1-13-4-5-16(18(25)10-13)20-14(2)11-19(21-22-20)24-9-7-15-6-8-23(3)12-17(15)24/h4-5,10-11,15,17,25H,6-9,12H2,1-3H3. The van der Waals surface area contributed by atoms with Gasteiger partial charge < -0.3 is 14.9 Å². The number of fused-ring (bicyclic) bond motifs is 1. The van der Waals surface area contributed by atoms with Crippen LogP contribution in [-0.4, -0.2) is 52.9 Å². The summed E-state index contributed by atoms with van der Waals surface area (Å²) < 4.78 is 0. The normalized spacial score (nSPS) is 23.7. The summed E-state index contributed by atoms with van der Waals surface area (Å²) in [6.45, 7) is 7.38. The third kappa shape index (κ3) is 2.97. The van der Waals surface area contributed by atoms with Gasteiger partial charge in [-0.15, -0.1) is 10.2 Å². The molecule has 2 unspecified atom stereocenters. The number of likely N-dealkylation sites (N-methyl/N-ethyl adjacent to an activating group) is 1. The summed E-state index contributed by atoms with van der Waals surface area (Å²) in [5.74, 6) is 2.01. The second kappa shape index (κ2) is 6.30. The third-order valence-corrected chi connectivity index (χ3v) is 5.74. The van der Waals surface area contributed by atoms with Gasteiger partial charge in [-0.1, -0.05) is 6.07 Å². The second-order valence-corrected chi connectivity index (χ2v) is 7.62. The van der Waals surface area contributed by atoms with Crippen LogP contribution in [-0.2, 0) is 0 Å². The number of phenolic OH excluding ortho intramolecular Hbond substituents is 1. The van der Waals surface area contributed by atoms with Gasteiger partial charge in [-0.05, 0) is 75.5 Å². The van der Waals surface area contributed by atoms with Gasteiger partial charge in [-0.2, -0.15) is 0 Å². The van der Waals surface area contributed by atoms with E-state index >= 15 is 0 Å². The van der Waals surface area contributed by atoms with Crippen molar-refractivity contribution in [3.63, 3.8) is 0 Å². The van der Waals surface area contributed by atoms with Crippen LogP contribution in [0.4, 0.5) is 5.82 Å². The molecule has 2 saturated heterocycles. The van der Waals surface area contributed by atoms with E-state index < -0.39 is 0 Å². The Morgan fingerprint density at radius 2 is 1.88 bits per heavy atom. The van der Waals surface area contributed by atoms with E-state index in [0.717, 1.165) is 47.2 Å². The number of benzene rings is 1. The highest BCUT2D eigenvalue weighted by Crippen LogP contribution is 2.36. The first-order valence-electron chi connectivity index (χ1n) is 9.12. The van der Waals surface area contributed by atoms with Gasteiger partial charge in [-0.3, -0.25) is 0 Å². The zero-order valence-corrected chi connectivity index (χ0v) is 15.2. The van der Waals surface area contributed by atoms with Gasteiger partial charge >= 0.3 is 0 Å². The first-order valence-corrected chi connectivity index (χ1v) is 9.12. The van der Waals surface area contributed by atoms with Crippen LogP contribution >= 0.6 is 0 Å². The molecule has 1 aromatic carbocycles. The average molecular weight is 338 g/mol. The highest BCUT2D eigenvalue weighted by Gasteiger charge is 2.38.